The lowest BCUT2D eigenvalue weighted by molar-refractivity contribution is 0.348. The first-order valence-corrected chi connectivity index (χ1v) is 6.28. The van der Waals surface area contributed by atoms with Crippen LogP contribution in [-0.4, -0.2) is 16.5 Å². The Hall–Kier alpha value is -1.52. The van der Waals surface area contributed by atoms with E-state index in [0.29, 0.717) is 11.7 Å². The van der Waals surface area contributed by atoms with E-state index in [-0.39, 0.29) is 5.56 Å². The molecule has 0 saturated heterocycles. The van der Waals surface area contributed by atoms with Gasteiger partial charge in [-0.25, -0.2) is 4.79 Å². The van der Waals surface area contributed by atoms with Gasteiger partial charge in [0.25, 0.3) is 5.56 Å². The Morgan fingerprint density at radius 2 is 2.12 bits per heavy atom. The van der Waals surface area contributed by atoms with E-state index in [1.54, 1.807) is 0 Å². The molecule has 3 N–H and O–H groups in total. The minimum atomic E-state index is -0.451. The number of hydrogen-bond acceptors (Lipinski definition) is 3. The molecule has 0 radical (unpaired) electrons. The van der Waals surface area contributed by atoms with Crippen molar-refractivity contribution >= 4 is 5.82 Å². The number of aromatic nitrogens is 2. The predicted molar refractivity (Wildman–Crippen MR) is 65.1 cm³/mol. The zero-order valence-corrected chi connectivity index (χ0v) is 9.66. The van der Waals surface area contributed by atoms with Crippen LogP contribution in [0.2, 0.25) is 0 Å². The average Bonchev–Trinajstić information content (AvgIpc) is 2.86. The van der Waals surface area contributed by atoms with Gasteiger partial charge in [0.1, 0.15) is 5.82 Å². The highest BCUT2D eigenvalue weighted by atomic mass is 16.2. The number of aromatic amines is 2. The van der Waals surface area contributed by atoms with E-state index in [1.165, 1.54) is 31.7 Å². The summed E-state index contributed by atoms with van der Waals surface area (Å²) in [4.78, 5) is 27.0. The summed E-state index contributed by atoms with van der Waals surface area (Å²) in [6, 6.07) is 1.40. The molecule has 0 spiro atoms. The van der Waals surface area contributed by atoms with Gasteiger partial charge in [0.15, 0.2) is 0 Å². The Labute approximate surface area is 98.7 Å². The third-order valence-electron chi connectivity index (χ3n) is 4.20. The Morgan fingerprint density at radius 3 is 2.76 bits per heavy atom. The molecule has 3 rings (SSSR count). The van der Waals surface area contributed by atoms with Gasteiger partial charge in [-0.3, -0.25) is 14.8 Å². The Morgan fingerprint density at radius 1 is 1.24 bits per heavy atom. The average molecular weight is 235 g/mol. The molecule has 2 fully saturated rings. The largest absolute Gasteiger partial charge is 0.371 e. The van der Waals surface area contributed by atoms with Crippen LogP contribution in [0.25, 0.3) is 0 Å². The van der Waals surface area contributed by atoms with E-state index in [0.717, 1.165) is 18.4 Å². The molecule has 0 amide bonds. The summed E-state index contributed by atoms with van der Waals surface area (Å²) in [7, 11) is 0. The van der Waals surface area contributed by atoms with E-state index in [1.807, 2.05) is 0 Å². The number of H-pyrrole nitrogens is 2. The first-order chi connectivity index (χ1) is 8.20. The van der Waals surface area contributed by atoms with Gasteiger partial charge in [-0.05, 0) is 37.0 Å². The number of hydrogen-bond donors (Lipinski definition) is 3. The fourth-order valence-corrected chi connectivity index (χ4v) is 3.43. The molecule has 0 aliphatic heterocycles. The Kier molecular flexibility index (Phi) is 2.53. The molecule has 3 unspecified atom stereocenters. The highest BCUT2D eigenvalue weighted by molar-refractivity contribution is 5.31. The molecule has 2 aliphatic rings. The van der Waals surface area contributed by atoms with Crippen LogP contribution in [0.1, 0.15) is 25.7 Å². The highest BCUT2D eigenvalue weighted by Gasteiger charge is 2.38. The van der Waals surface area contributed by atoms with E-state index >= 15 is 0 Å². The zero-order chi connectivity index (χ0) is 11.8. The molecule has 3 atom stereocenters. The van der Waals surface area contributed by atoms with Crippen LogP contribution in [0.3, 0.4) is 0 Å². The summed E-state index contributed by atoms with van der Waals surface area (Å²) in [5.74, 6) is 3.00. The topological polar surface area (TPSA) is 77.8 Å². The van der Waals surface area contributed by atoms with Gasteiger partial charge < -0.3 is 5.32 Å². The number of fused-ring (bicyclic) bond motifs is 2. The van der Waals surface area contributed by atoms with Crippen molar-refractivity contribution in [3.8, 4) is 0 Å². The standard InChI is InChI=1S/C12H17N3O2/c16-11-5-10(14-12(17)15-11)13-6-9-4-7-1-2-8(9)3-7/h5,7-9H,1-4,6H2,(H3,13,14,15,16,17). The minimum absolute atomic E-state index is 0.357. The molecule has 1 heterocycles. The van der Waals surface area contributed by atoms with Crippen LogP contribution in [0, 0.1) is 17.8 Å². The van der Waals surface area contributed by atoms with Gasteiger partial charge in [-0.1, -0.05) is 6.42 Å². The van der Waals surface area contributed by atoms with Crippen LogP contribution >= 0.6 is 0 Å². The van der Waals surface area contributed by atoms with Crippen molar-refractivity contribution in [2.75, 3.05) is 11.9 Å². The predicted octanol–water partition coefficient (Wildman–Crippen LogP) is 0.911. The van der Waals surface area contributed by atoms with Gasteiger partial charge in [-0.2, -0.15) is 0 Å². The summed E-state index contributed by atoms with van der Waals surface area (Å²) in [5.41, 5.74) is -0.808. The quantitative estimate of drug-likeness (QED) is 0.728. The summed E-state index contributed by atoms with van der Waals surface area (Å²) in [6.07, 6.45) is 5.41. The van der Waals surface area contributed by atoms with E-state index in [4.69, 9.17) is 0 Å². The third-order valence-corrected chi connectivity index (χ3v) is 4.20. The van der Waals surface area contributed by atoms with Crippen molar-refractivity contribution in [1.82, 2.24) is 9.97 Å². The molecule has 5 heteroatoms. The van der Waals surface area contributed by atoms with Gasteiger partial charge in [-0.15, -0.1) is 0 Å². The van der Waals surface area contributed by atoms with Crippen LogP contribution in [-0.2, 0) is 0 Å². The second-order valence-electron chi connectivity index (χ2n) is 5.32. The first kappa shape index (κ1) is 10.6. The maximum Gasteiger partial charge on any atom is 0.327 e. The minimum Gasteiger partial charge on any atom is -0.371 e. The van der Waals surface area contributed by atoms with Crippen LogP contribution in [0.5, 0.6) is 0 Å². The molecule has 92 valence electrons. The SMILES string of the molecule is O=c1cc(NCC2CC3CCC2C3)[nH]c(=O)[nH]1. The number of anilines is 1. The van der Waals surface area contributed by atoms with Gasteiger partial charge in [0, 0.05) is 12.6 Å². The fraction of sp³-hybridized carbons (Fsp3) is 0.667. The smallest absolute Gasteiger partial charge is 0.327 e. The van der Waals surface area contributed by atoms with E-state index in [2.05, 4.69) is 15.3 Å². The van der Waals surface area contributed by atoms with Gasteiger partial charge in [0.05, 0.1) is 0 Å². The van der Waals surface area contributed by atoms with Crippen molar-refractivity contribution < 1.29 is 0 Å². The normalized spacial score (nSPS) is 30.7. The van der Waals surface area contributed by atoms with Gasteiger partial charge in [0.2, 0.25) is 0 Å². The highest BCUT2D eigenvalue weighted by Crippen LogP contribution is 2.48. The second kappa shape index (κ2) is 4.05. The maximum absolute atomic E-state index is 11.1. The Balaban J connectivity index is 1.64. The molecule has 0 aromatic carbocycles. The fourth-order valence-electron chi connectivity index (χ4n) is 3.43. The lowest BCUT2D eigenvalue weighted by atomic mass is 9.89. The monoisotopic (exact) mass is 235 g/mol. The van der Waals surface area contributed by atoms with Crippen molar-refractivity contribution in [1.29, 1.82) is 0 Å². The van der Waals surface area contributed by atoms with Crippen LogP contribution in [0.4, 0.5) is 5.82 Å². The molecule has 1 aromatic heterocycles. The summed E-state index contributed by atoms with van der Waals surface area (Å²) < 4.78 is 0. The maximum atomic E-state index is 11.1. The molecule has 2 bridgehead atoms. The molecule has 5 nitrogen and oxygen atoms in total. The first-order valence-electron chi connectivity index (χ1n) is 6.28. The van der Waals surface area contributed by atoms with E-state index in [9.17, 15) is 9.59 Å². The van der Waals surface area contributed by atoms with Crippen molar-refractivity contribution in [3.05, 3.63) is 26.9 Å². The van der Waals surface area contributed by atoms with Crippen LogP contribution < -0.4 is 16.6 Å². The molecule has 2 saturated carbocycles. The lowest BCUT2D eigenvalue weighted by Crippen LogP contribution is -2.26. The van der Waals surface area contributed by atoms with Crippen LogP contribution in [0.15, 0.2) is 15.7 Å². The third kappa shape index (κ3) is 2.14. The zero-order valence-electron chi connectivity index (χ0n) is 9.66. The number of rotatable bonds is 3. The second-order valence-corrected chi connectivity index (χ2v) is 5.32. The van der Waals surface area contributed by atoms with Gasteiger partial charge >= 0.3 is 5.69 Å². The summed E-state index contributed by atoms with van der Waals surface area (Å²) >= 11 is 0. The van der Waals surface area contributed by atoms with Crippen molar-refractivity contribution in [2.24, 2.45) is 17.8 Å². The van der Waals surface area contributed by atoms with Crippen molar-refractivity contribution in [3.63, 3.8) is 0 Å². The molecule has 1 aromatic rings. The summed E-state index contributed by atoms with van der Waals surface area (Å²) in [6.45, 7) is 0.862. The molecule has 2 aliphatic carbocycles. The summed E-state index contributed by atoms with van der Waals surface area (Å²) in [5, 5.41) is 3.18. The number of nitrogens with one attached hydrogen (secondary N) is 3. The molecule has 17 heavy (non-hydrogen) atoms. The Bertz CT molecular complexity index is 491. The van der Waals surface area contributed by atoms with E-state index < -0.39 is 5.69 Å². The van der Waals surface area contributed by atoms with Crippen molar-refractivity contribution in [2.45, 2.75) is 25.7 Å². The molecular formula is C12H17N3O2. The molecular weight excluding hydrogens is 218 g/mol. The lowest BCUT2D eigenvalue weighted by Gasteiger charge is -2.22.